The smallest absolute Gasteiger partial charge is 0.258 e. The number of carbonyl (C=O) groups is 2. The van der Waals surface area contributed by atoms with Gasteiger partial charge in [-0.15, -0.1) is 0 Å². The topological polar surface area (TPSA) is 83.1 Å². The Bertz CT molecular complexity index is 1330. The minimum Gasteiger partial charge on any atom is -0.493 e. The predicted octanol–water partition coefficient (Wildman–Crippen LogP) is 4.94. The lowest BCUT2D eigenvalue weighted by molar-refractivity contribution is -0.119. The molecule has 0 bridgehead atoms. The van der Waals surface area contributed by atoms with Crippen LogP contribution in [0.25, 0.3) is 11.3 Å². The van der Waals surface area contributed by atoms with Gasteiger partial charge in [-0.25, -0.2) is 0 Å². The Labute approximate surface area is 223 Å². The average Bonchev–Trinajstić information content (AvgIpc) is 3.28. The molecule has 2 amide bonds. The maximum Gasteiger partial charge on any atom is 0.258 e. The highest BCUT2D eigenvalue weighted by Gasteiger charge is 2.30. The number of hydrogen-bond acceptors (Lipinski definition) is 6. The van der Waals surface area contributed by atoms with Crippen LogP contribution in [0.1, 0.15) is 25.0 Å². The Morgan fingerprint density at radius 3 is 2.16 bits per heavy atom. The average molecular weight is 515 g/mol. The molecular formula is C30H34N4O4. The quantitative estimate of drug-likeness (QED) is 0.373. The highest BCUT2D eigenvalue weighted by Crippen LogP contribution is 2.43. The van der Waals surface area contributed by atoms with Crippen molar-refractivity contribution in [2.45, 2.75) is 13.8 Å². The predicted molar refractivity (Wildman–Crippen MR) is 153 cm³/mol. The zero-order valence-corrected chi connectivity index (χ0v) is 22.5. The summed E-state index contributed by atoms with van der Waals surface area (Å²) >= 11 is 0. The zero-order valence-electron chi connectivity index (χ0n) is 22.5. The number of carbonyl (C=O) groups excluding carboxylic acids is 2. The van der Waals surface area contributed by atoms with Crippen molar-refractivity contribution in [2.75, 3.05) is 56.4 Å². The molecule has 8 nitrogen and oxygen atoms in total. The molecule has 4 rings (SSSR count). The highest BCUT2D eigenvalue weighted by atomic mass is 16.5. The van der Waals surface area contributed by atoms with Gasteiger partial charge in [0.1, 0.15) is 0 Å². The van der Waals surface area contributed by atoms with Gasteiger partial charge in [-0.2, -0.15) is 0 Å². The van der Waals surface area contributed by atoms with Gasteiger partial charge in [-0.1, -0.05) is 44.2 Å². The molecule has 3 aromatic carbocycles. The number of anilines is 3. The van der Waals surface area contributed by atoms with E-state index in [1.54, 1.807) is 32.2 Å². The minimum atomic E-state index is -0.222. The molecule has 3 aromatic rings. The molecule has 0 aromatic heterocycles. The summed E-state index contributed by atoms with van der Waals surface area (Å²) in [6, 6.07) is 20.9. The van der Waals surface area contributed by atoms with Crippen LogP contribution < -0.4 is 25.0 Å². The number of fused-ring (bicyclic) bond motifs is 1. The highest BCUT2D eigenvalue weighted by molar-refractivity contribution is 6.37. The van der Waals surface area contributed by atoms with Crippen molar-refractivity contribution >= 4 is 40.1 Å². The van der Waals surface area contributed by atoms with Gasteiger partial charge in [0.2, 0.25) is 5.91 Å². The first-order valence-electron chi connectivity index (χ1n) is 12.6. The number of benzene rings is 3. The molecule has 0 atom stereocenters. The molecule has 0 radical (unpaired) electrons. The Kier molecular flexibility index (Phi) is 8.33. The zero-order chi connectivity index (χ0) is 27.2. The van der Waals surface area contributed by atoms with Crippen LogP contribution in [0.2, 0.25) is 0 Å². The number of methoxy groups -OCH3 is 2. The van der Waals surface area contributed by atoms with E-state index in [4.69, 9.17) is 9.47 Å². The van der Waals surface area contributed by atoms with Crippen LogP contribution in [0.15, 0.2) is 66.7 Å². The lowest BCUT2D eigenvalue weighted by Crippen LogP contribution is -2.38. The second-order valence-electron chi connectivity index (χ2n) is 8.91. The van der Waals surface area contributed by atoms with E-state index in [2.05, 4.69) is 15.5 Å². The third-order valence-electron chi connectivity index (χ3n) is 6.73. The van der Waals surface area contributed by atoms with Crippen LogP contribution in [0.4, 0.5) is 17.1 Å². The Hall–Kier alpha value is -4.30. The van der Waals surface area contributed by atoms with Crippen LogP contribution in [0.5, 0.6) is 11.5 Å². The van der Waals surface area contributed by atoms with E-state index in [1.165, 1.54) is 0 Å². The number of ether oxygens (including phenoxy) is 2. The molecule has 0 spiro atoms. The van der Waals surface area contributed by atoms with Crippen molar-refractivity contribution < 1.29 is 19.1 Å². The van der Waals surface area contributed by atoms with Crippen LogP contribution in [0, 0.1) is 0 Å². The van der Waals surface area contributed by atoms with Crippen molar-refractivity contribution in [1.29, 1.82) is 0 Å². The molecule has 0 saturated carbocycles. The Balaban J connectivity index is 1.69. The Morgan fingerprint density at radius 2 is 1.55 bits per heavy atom. The van der Waals surface area contributed by atoms with Gasteiger partial charge in [0.25, 0.3) is 5.91 Å². The fourth-order valence-electron chi connectivity index (χ4n) is 4.43. The number of hydrogen-bond donors (Lipinski definition) is 2. The van der Waals surface area contributed by atoms with Gasteiger partial charge in [-0.3, -0.25) is 14.5 Å². The maximum atomic E-state index is 13.3. The monoisotopic (exact) mass is 514 g/mol. The van der Waals surface area contributed by atoms with Crippen molar-refractivity contribution in [3.8, 4) is 11.5 Å². The number of likely N-dealkylation sites (N-methyl/N-ethyl adjacent to an activating group) is 2. The fourth-order valence-corrected chi connectivity index (χ4v) is 4.43. The van der Waals surface area contributed by atoms with E-state index in [0.717, 1.165) is 35.6 Å². The molecule has 1 aliphatic heterocycles. The molecule has 0 aliphatic carbocycles. The standard InChI is InChI=1S/C30H34N4O4/c1-6-34(7-2)19-27(35)33(3)22-15-13-21(14-16-22)31-29(20-11-9-8-10-12-20)28-23-17-25(37-4)26(38-5)18-24(23)32-30(28)36/h8-18,31H,6-7,19H2,1-5H3,(H,32,36). The van der Waals surface area contributed by atoms with E-state index in [9.17, 15) is 9.59 Å². The molecule has 38 heavy (non-hydrogen) atoms. The second kappa shape index (κ2) is 11.8. The largest absolute Gasteiger partial charge is 0.493 e. The number of nitrogens with zero attached hydrogens (tertiary/aromatic N) is 2. The van der Waals surface area contributed by atoms with Crippen molar-refractivity contribution in [2.24, 2.45) is 0 Å². The molecule has 1 aliphatic rings. The second-order valence-corrected chi connectivity index (χ2v) is 8.91. The SMILES string of the molecule is CCN(CC)CC(=O)N(C)c1ccc(NC(=C2C(=O)Nc3cc(OC)c(OC)cc32)c2ccccc2)cc1. The normalized spacial score (nSPS) is 13.6. The number of nitrogens with one attached hydrogen (secondary N) is 2. The maximum absolute atomic E-state index is 13.3. The van der Waals surface area contributed by atoms with Gasteiger partial charge in [0.15, 0.2) is 11.5 Å². The van der Waals surface area contributed by atoms with Crippen molar-refractivity contribution in [1.82, 2.24) is 4.90 Å². The first-order valence-corrected chi connectivity index (χ1v) is 12.6. The number of rotatable bonds is 10. The summed E-state index contributed by atoms with van der Waals surface area (Å²) in [6.45, 7) is 6.12. The van der Waals surface area contributed by atoms with E-state index in [0.29, 0.717) is 35.0 Å². The third-order valence-corrected chi connectivity index (χ3v) is 6.73. The van der Waals surface area contributed by atoms with Gasteiger partial charge in [-0.05, 0) is 49.0 Å². The van der Waals surface area contributed by atoms with E-state index in [1.807, 2.05) is 74.5 Å². The van der Waals surface area contributed by atoms with Gasteiger partial charge in [0, 0.05) is 30.1 Å². The molecule has 8 heteroatoms. The fraction of sp³-hybridized carbons (Fsp3) is 0.267. The van der Waals surface area contributed by atoms with Gasteiger partial charge < -0.3 is 25.0 Å². The first kappa shape index (κ1) is 26.8. The minimum absolute atomic E-state index is 0.0325. The van der Waals surface area contributed by atoms with E-state index >= 15 is 0 Å². The lowest BCUT2D eigenvalue weighted by atomic mass is 9.99. The summed E-state index contributed by atoms with van der Waals surface area (Å²) in [6.07, 6.45) is 0. The summed E-state index contributed by atoms with van der Waals surface area (Å²) in [5.74, 6) is 0.886. The molecule has 198 valence electrons. The molecule has 0 saturated heterocycles. The summed E-state index contributed by atoms with van der Waals surface area (Å²) in [5, 5.41) is 6.41. The Morgan fingerprint density at radius 1 is 0.921 bits per heavy atom. The van der Waals surface area contributed by atoms with E-state index in [-0.39, 0.29) is 11.8 Å². The molecule has 1 heterocycles. The molecule has 0 unspecified atom stereocenters. The van der Waals surface area contributed by atoms with Crippen molar-refractivity contribution in [3.05, 3.63) is 77.9 Å². The van der Waals surface area contributed by atoms with Crippen LogP contribution in [-0.4, -0.2) is 57.6 Å². The lowest BCUT2D eigenvalue weighted by Gasteiger charge is -2.23. The summed E-state index contributed by atoms with van der Waals surface area (Å²) in [4.78, 5) is 29.7. The van der Waals surface area contributed by atoms with Gasteiger partial charge >= 0.3 is 0 Å². The molecule has 2 N–H and O–H groups in total. The van der Waals surface area contributed by atoms with Crippen LogP contribution in [-0.2, 0) is 9.59 Å². The van der Waals surface area contributed by atoms with Crippen molar-refractivity contribution in [3.63, 3.8) is 0 Å². The summed E-state index contributed by atoms with van der Waals surface area (Å²) < 4.78 is 10.9. The summed E-state index contributed by atoms with van der Waals surface area (Å²) in [5.41, 5.74) is 4.97. The first-order chi connectivity index (χ1) is 18.4. The van der Waals surface area contributed by atoms with Crippen LogP contribution in [0.3, 0.4) is 0 Å². The summed E-state index contributed by atoms with van der Waals surface area (Å²) in [7, 11) is 4.92. The molecular weight excluding hydrogens is 480 g/mol. The third kappa shape index (κ3) is 5.50. The van der Waals surface area contributed by atoms with Crippen LogP contribution >= 0.6 is 0 Å². The van der Waals surface area contributed by atoms with Gasteiger partial charge in [0.05, 0.1) is 37.7 Å². The number of amides is 2. The van der Waals surface area contributed by atoms with E-state index < -0.39 is 0 Å². The molecule has 0 fully saturated rings.